The van der Waals surface area contributed by atoms with E-state index in [1.54, 1.807) is 0 Å². The van der Waals surface area contributed by atoms with Crippen molar-refractivity contribution < 1.29 is 50.4 Å². The van der Waals surface area contributed by atoms with Crippen LogP contribution >= 0.6 is 0 Å². The first-order chi connectivity index (χ1) is 5.16. The van der Waals surface area contributed by atoms with Crippen molar-refractivity contribution >= 4 is 11.9 Å². The average molecular weight is 180 g/mol. The van der Waals surface area contributed by atoms with Crippen LogP contribution in [0.5, 0.6) is 0 Å². The van der Waals surface area contributed by atoms with Gasteiger partial charge in [-0.15, -0.1) is 0 Å². The molecule has 0 atom stereocenters. The number of hydrogen-bond acceptors (Lipinski definition) is 3. The molecule has 0 fully saturated rings. The van der Waals surface area contributed by atoms with Crippen LogP contribution in [0.25, 0.3) is 0 Å². The Morgan fingerprint density at radius 2 is 2.08 bits per heavy atom. The number of carboxylic acids is 1. The molecule has 12 heavy (non-hydrogen) atoms. The summed E-state index contributed by atoms with van der Waals surface area (Å²) in [6.07, 6.45) is 2.95. The van der Waals surface area contributed by atoms with Crippen molar-refractivity contribution in [3.8, 4) is 0 Å². The van der Waals surface area contributed by atoms with E-state index in [0.717, 1.165) is 6.08 Å². The number of carbonyl (C=O) groups excluding carboxylic acids is 1. The predicted molar refractivity (Wildman–Crippen MR) is 39.0 cm³/mol. The van der Waals surface area contributed by atoms with E-state index in [0.29, 0.717) is 6.08 Å². The summed E-state index contributed by atoms with van der Waals surface area (Å²) in [7, 11) is 0. The number of aliphatic carboxylic acids is 1. The maximum absolute atomic E-state index is 10.5. The van der Waals surface area contributed by atoms with Gasteiger partial charge in [0.15, 0.2) is 0 Å². The standard InChI is InChI=1S/C7H8O4.Na.H/c1-2-5-11-7(10)4-3-6(8)9;;/h2-4H,1,5H2,(H,8,9);;/q;+1;-1/b4-3-;;. The summed E-state index contributed by atoms with van der Waals surface area (Å²) in [6, 6.07) is 0. The zero-order valence-corrected chi connectivity index (χ0v) is 8.82. The third-order valence-corrected chi connectivity index (χ3v) is 0.705. The molecule has 0 aliphatic carbocycles. The number of rotatable bonds is 4. The minimum absolute atomic E-state index is 0. The molecule has 0 spiro atoms. The second kappa shape index (κ2) is 8.52. The van der Waals surface area contributed by atoms with Crippen molar-refractivity contribution in [1.82, 2.24) is 0 Å². The van der Waals surface area contributed by atoms with E-state index in [1.807, 2.05) is 0 Å². The molecule has 0 aromatic heterocycles. The van der Waals surface area contributed by atoms with Gasteiger partial charge in [-0.2, -0.15) is 0 Å². The van der Waals surface area contributed by atoms with Crippen molar-refractivity contribution in [2.75, 3.05) is 6.61 Å². The molecule has 4 nitrogen and oxygen atoms in total. The summed E-state index contributed by atoms with van der Waals surface area (Å²) in [5, 5.41) is 8.07. The van der Waals surface area contributed by atoms with E-state index >= 15 is 0 Å². The molecular weight excluding hydrogens is 171 g/mol. The van der Waals surface area contributed by atoms with Gasteiger partial charge in [-0.05, 0) is 0 Å². The van der Waals surface area contributed by atoms with E-state index in [2.05, 4.69) is 11.3 Å². The van der Waals surface area contributed by atoms with Gasteiger partial charge in [0.2, 0.25) is 0 Å². The third kappa shape index (κ3) is 9.42. The molecule has 0 saturated carbocycles. The Morgan fingerprint density at radius 1 is 1.50 bits per heavy atom. The summed E-state index contributed by atoms with van der Waals surface area (Å²) in [6.45, 7) is 3.40. The maximum Gasteiger partial charge on any atom is 1.00 e. The van der Waals surface area contributed by atoms with Gasteiger partial charge in [0.05, 0.1) is 0 Å². The molecule has 0 radical (unpaired) electrons. The zero-order chi connectivity index (χ0) is 8.69. The molecule has 0 aliphatic rings. The van der Waals surface area contributed by atoms with Crippen LogP contribution in [0.15, 0.2) is 24.8 Å². The van der Waals surface area contributed by atoms with Gasteiger partial charge < -0.3 is 11.3 Å². The molecule has 0 aromatic rings. The summed E-state index contributed by atoms with van der Waals surface area (Å²) in [4.78, 5) is 20.3. The van der Waals surface area contributed by atoms with E-state index in [9.17, 15) is 9.59 Å². The average Bonchev–Trinajstić information content (AvgIpc) is 1.97. The van der Waals surface area contributed by atoms with Gasteiger partial charge in [-0.3, -0.25) is 0 Å². The first kappa shape index (κ1) is 14.0. The molecule has 62 valence electrons. The Bertz CT molecular complexity index is 203. The Kier molecular flexibility index (Phi) is 9.92. The molecule has 0 aliphatic heterocycles. The molecule has 0 saturated heterocycles. The fourth-order valence-corrected chi connectivity index (χ4v) is 0.329. The van der Waals surface area contributed by atoms with Crippen LogP contribution in [0.1, 0.15) is 1.43 Å². The SMILES string of the molecule is C=CCOC(=O)/C=C\C(=O)O.[H-].[Na+]. The van der Waals surface area contributed by atoms with Gasteiger partial charge in [0, 0.05) is 12.2 Å². The number of carboxylic acid groups (broad SMARTS) is 1. The van der Waals surface area contributed by atoms with Gasteiger partial charge >= 0.3 is 41.5 Å². The van der Waals surface area contributed by atoms with E-state index in [1.165, 1.54) is 6.08 Å². The quantitative estimate of drug-likeness (QED) is 0.224. The van der Waals surface area contributed by atoms with Crippen molar-refractivity contribution in [3.05, 3.63) is 24.8 Å². The molecule has 0 amide bonds. The van der Waals surface area contributed by atoms with E-state index in [-0.39, 0.29) is 37.6 Å². The number of esters is 1. The van der Waals surface area contributed by atoms with Crippen LogP contribution in [-0.4, -0.2) is 23.7 Å². The second-order valence-corrected chi connectivity index (χ2v) is 1.59. The van der Waals surface area contributed by atoms with Crippen LogP contribution in [0.4, 0.5) is 0 Å². The van der Waals surface area contributed by atoms with Gasteiger partial charge in [-0.25, -0.2) is 9.59 Å². The number of hydrogen-bond donors (Lipinski definition) is 1. The fourth-order valence-electron chi connectivity index (χ4n) is 0.329. The molecule has 0 bridgehead atoms. The second-order valence-electron chi connectivity index (χ2n) is 1.59. The normalized spacial score (nSPS) is 8.67. The predicted octanol–water partition coefficient (Wildman–Crippen LogP) is -2.53. The van der Waals surface area contributed by atoms with Crippen LogP contribution in [0.3, 0.4) is 0 Å². The van der Waals surface area contributed by atoms with Crippen molar-refractivity contribution in [2.45, 2.75) is 0 Å². The van der Waals surface area contributed by atoms with Crippen molar-refractivity contribution in [2.24, 2.45) is 0 Å². The molecule has 0 aromatic carbocycles. The Hall–Kier alpha value is -0.580. The first-order valence-corrected chi connectivity index (χ1v) is 2.85. The third-order valence-electron chi connectivity index (χ3n) is 0.705. The fraction of sp³-hybridized carbons (Fsp3) is 0.143. The van der Waals surface area contributed by atoms with E-state index in [4.69, 9.17) is 5.11 Å². The zero-order valence-electron chi connectivity index (χ0n) is 7.82. The van der Waals surface area contributed by atoms with Gasteiger partial charge in [0.25, 0.3) is 0 Å². The van der Waals surface area contributed by atoms with Gasteiger partial charge in [0.1, 0.15) is 6.61 Å². The molecule has 0 unspecified atom stereocenters. The molecular formula is C7H9NaO4. The molecule has 0 rings (SSSR count). The van der Waals surface area contributed by atoms with Crippen molar-refractivity contribution in [1.29, 1.82) is 0 Å². The monoisotopic (exact) mass is 180 g/mol. The van der Waals surface area contributed by atoms with Crippen LogP contribution in [0, 0.1) is 0 Å². The summed E-state index contributed by atoms with van der Waals surface area (Å²) in [5.74, 6) is -1.87. The maximum atomic E-state index is 10.5. The summed E-state index contributed by atoms with van der Waals surface area (Å²) >= 11 is 0. The molecule has 0 heterocycles. The summed E-state index contributed by atoms with van der Waals surface area (Å²) < 4.78 is 4.43. The minimum Gasteiger partial charge on any atom is -1.00 e. The van der Waals surface area contributed by atoms with Gasteiger partial charge in [-0.1, -0.05) is 12.7 Å². The molecule has 5 heteroatoms. The van der Waals surface area contributed by atoms with Crippen LogP contribution in [0.2, 0.25) is 0 Å². The largest absolute Gasteiger partial charge is 1.00 e. The smallest absolute Gasteiger partial charge is 1.00 e. The van der Waals surface area contributed by atoms with Crippen LogP contribution < -0.4 is 29.6 Å². The number of carbonyl (C=O) groups is 2. The Morgan fingerprint density at radius 3 is 2.50 bits per heavy atom. The number of ether oxygens (including phenoxy) is 1. The summed E-state index contributed by atoms with van der Waals surface area (Å²) in [5.41, 5.74) is 0. The van der Waals surface area contributed by atoms with E-state index < -0.39 is 11.9 Å². The first-order valence-electron chi connectivity index (χ1n) is 2.85. The Balaban J connectivity index is -0.000000500. The molecule has 1 N–H and O–H groups in total. The van der Waals surface area contributed by atoms with Crippen molar-refractivity contribution in [3.63, 3.8) is 0 Å². The Labute approximate surface area is 93.7 Å². The minimum atomic E-state index is -1.18. The topological polar surface area (TPSA) is 63.6 Å². The van der Waals surface area contributed by atoms with Crippen LogP contribution in [-0.2, 0) is 14.3 Å².